The topological polar surface area (TPSA) is 33.0 Å². The first-order valence-electron chi connectivity index (χ1n) is 8.15. The summed E-state index contributed by atoms with van der Waals surface area (Å²) in [6.07, 6.45) is 2.42. The SMILES string of the molecule is CC1(C)[C@@H](C=C(Cl)Cl)[C@@]1(C#N)Cc1cccc(Oc2ccccc2)c1. The van der Waals surface area contributed by atoms with Gasteiger partial charge in [-0.05, 0) is 47.7 Å². The van der Waals surface area contributed by atoms with E-state index in [0.717, 1.165) is 17.1 Å². The van der Waals surface area contributed by atoms with Crippen LogP contribution in [-0.2, 0) is 6.42 Å². The van der Waals surface area contributed by atoms with E-state index in [0.29, 0.717) is 6.42 Å². The van der Waals surface area contributed by atoms with E-state index in [1.807, 2.05) is 54.6 Å². The van der Waals surface area contributed by atoms with Crippen molar-refractivity contribution in [3.8, 4) is 17.6 Å². The van der Waals surface area contributed by atoms with Crippen LogP contribution in [0.5, 0.6) is 11.5 Å². The molecular formula is C21H19Cl2NO. The smallest absolute Gasteiger partial charge is 0.127 e. The number of rotatable bonds is 5. The molecule has 128 valence electrons. The molecule has 2 aromatic carbocycles. The van der Waals surface area contributed by atoms with Crippen LogP contribution < -0.4 is 4.74 Å². The highest BCUT2D eigenvalue weighted by Crippen LogP contribution is 2.71. The van der Waals surface area contributed by atoms with Crippen molar-refractivity contribution in [1.82, 2.24) is 0 Å². The van der Waals surface area contributed by atoms with Gasteiger partial charge in [-0.2, -0.15) is 5.26 Å². The Labute approximate surface area is 158 Å². The Balaban J connectivity index is 1.82. The molecule has 0 N–H and O–H groups in total. The van der Waals surface area contributed by atoms with E-state index in [2.05, 4.69) is 19.9 Å². The quantitative estimate of drug-likeness (QED) is 0.600. The number of allylic oxidation sites excluding steroid dienone is 1. The summed E-state index contributed by atoms with van der Waals surface area (Å²) in [7, 11) is 0. The fraction of sp³-hybridized carbons (Fsp3) is 0.286. The standard InChI is InChI=1S/C21H19Cl2NO/c1-20(2)18(12-19(22)23)21(20,14-24)13-15-7-6-10-17(11-15)25-16-8-4-3-5-9-16/h3-12,18H,13H2,1-2H3/t18-,21+/m1/s1. The van der Waals surface area contributed by atoms with Crippen LogP contribution in [0.3, 0.4) is 0 Å². The molecule has 0 saturated heterocycles. The van der Waals surface area contributed by atoms with Gasteiger partial charge in [0.1, 0.15) is 16.0 Å². The normalized spacial score (nSPS) is 23.4. The van der Waals surface area contributed by atoms with Gasteiger partial charge in [0, 0.05) is 5.92 Å². The zero-order valence-electron chi connectivity index (χ0n) is 14.2. The number of halogens is 2. The Morgan fingerprint density at radius 2 is 1.80 bits per heavy atom. The van der Waals surface area contributed by atoms with E-state index in [-0.39, 0.29) is 15.8 Å². The first-order valence-corrected chi connectivity index (χ1v) is 8.90. The fourth-order valence-corrected chi connectivity index (χ4v) is 3.88. The van der Waals surface area contributed by atoms with E-state index < -0.39 is 5.41 Å². The molecule has 4 heteroatoms. The third kappa shape index (κ3) is 3.40. The highest BCUT2D eigenvalue weighted by molar-refractivity contribution is 6.55. The fourth-order valence-electron chi connectivity index (χ4n) is 3.63. The molecule has 0 aromatic heterocycles. The second kappa shape index (κ2) is 6.75. The molecule has 1 fully saturated rings. The predicted molar refractivity (Wildman–Crippen MR) is 102 cm³/mol. The molecule has 2 atom stereocenters. The number of ether oxygens (including phenoxy) is 1. The number of nitriles is 1. The van der Waals surface area contributed by atoms with Crippen LogP contribution in [0.15, 0.2) is 65.2 Å². The third-order valence-electron chi connectivity index (χ3n) is 5.23. The molecule has 3 rings (SSSR count). The van der Waals surface area contributed by atoms with Gasteiger partial charge in [-0.25, -0.2) is 0 Å². The minimum Gasteiger partial charge on any atom is -0.457 e. The summed E-state index contributed by atoms with van der Waals surface area (Å²) in [6, 6.07) is 20.0. The molecule has 0 bridgehead atoms. The maximum Gasteiger partial charge on any atom is 0.127 e. The Morgan fingerprint density at radius 3 is 2.44 bits per heavy atom. The maximum absolute atomic E-state index is 9.84. The predicted octanol–water partition coefficient (Wildman–Crippen LogP) is 6.51. The van der Waals surface area contributed by atoms with Crippen molar-refractivity contribution in [2.24, 2.45) is 16.7 Å². The van der Waals surface area contributed by atoms with Gasteiger partial charge in [0.2, 0.25) is 0 Å². The van der Waals surface area contributed by atoms with Crippen molar-refractivity contribution < 1.29 is 4.74 Å². The van der Waals surface area contributed by atoms with Crippen molar-refractivity contribution in [1.29, 1.82) is 5.26 Å². The molecule has 25 heavy (non-hydrogen) atoms. The Hall–Kier alpha value is -1.95. The third-order valence-corrected chi connectivity index (χ3v) is 5.48. The molecule has 1 aliphatic carbocycles. The number of hydrogen-bond donors (Lipinski definition) is 0. The first kappa shape index (κ1) is 17.9. The zero-order chi connectivity index (χ0) is 18.1. The molecule has 0 amide bonds. The van der Waals surface area contributed by atoms with Crippen molar-refractivity contribution >= 4 is 23.2 Å². The summed E-state index contributed by atoms with van der Waals surface area (Å²) >= 11 is 11.7. The molecule has 0 aliphatic heterocycles. The molecule has 0 unspecified atom stereocenters. The van der Waals surface area contributed by atoms with Crippen LogP contribution in [0.25, 0.3) is 0 Å². The highest BCUT2D eigenvalue weighted by Gasteiger charge is 2.70. The Bertz CT molecular complexity index is 834. The molecule has 1 aliphatic rings. The second-order valence-corrected chi connectivity index (χ2v) is 7.99. The Kier molecular flexibility index (Phi) is 4.82. The van der Waals surface area contributed by atoms with Gasteiger partial charge in [-0.3, -0.25) is 0 Å². The van der Waals surface area contributed by atoms with E-state index in [1.165, 1.54) is 0 Å². The zero-order valence-corrected chi connectivity index (χ0v) is 15.7. The van der Waals surface area contributed by atoms with Crippen LogP contribution in [0.1, 0.15) is 19.4 Å². The summed E-state index contributed by atoms with van der Waals surface area (Å²) in [4.78, 5) is 0. The summed E-state index contributed by atoms with van der Waals surface area (Å²) in [5.41, 5.74) is 0.380. The van der Waals surface area contributed by atoms with E-state index in [9.17, 15) is 5.26 Å². The van der Waals surface area contributed by atoms with Gasteiger partial charge >= 0.3 is 0 Å². The number of hydrogen-bond acceptors (Lipinski definition) is 2. The summed E-state index contributed by atoms with van der Waals surface area (Å²) in [6.45, 7) is 4.16. The van der Waals surface area contributed by atoms with Gasteiger partial charge < -0.3 is 4.74 Å². The molecule has 0 spiro atoms. The molecule has 0 radical (unpaired) electrons. The number of nitrogens with zero attached hydrogens (tertiary/aromatic N) is 1. The largest absolute Gasteiger partial charge is 0.457 e. The minimum absolute atomic E-state index is 0.0358. The van der Waals surface area contributed by atoms with Gasteiger partial charge in [0.25, 0.3) is 0 Å². The van der Waals surface area contributed by atoms with Crippen LogP contribution in [0.4, 0.5) is 0 Å². The van der Waals surface area contributed by atoms with Crippen LogP contribution in [0.2, 0.25) is 0 Å². The summed E-state index contributed by atoms with van der Waals surface area (Å²) in [5, 5.41) is 9.84. The monoisotopic (exact) mass is 371 g/mol. The van der Waals surface area contributed by atoms with Crippen molar-refractivity contribution in [3.63, 3.8) is 0 Å². The van der Waals surface area contributed by atoms with Crippen molar-refractivity contribution in [3.05, 3.63) is 70.7 Å². The van der Waals surface area contributed by atoms with Gasteiger partial charge in [0.15, 0.2) is 0 Å². The molecule has 1 saturated carbocycles. The maximum atomic E-state index is 9.84. The average molecular weight is 372 g/mol. The van der Waals surface area contributed by atoms with E-state index >= 15 is 0 Å². The lowest BCUT2D eigenvalue weighted by Crippen LogP contribution is -2.10. The summed E-state index contributed by atoms with van der Waals surface area (Å²) in [5.74, 6) is 1.59. The van der Waals surface area contributed by atoms with Crippen LogP contribution >= 0.6 is 23.2 Å². The molecular weight excluding hydrogens is 353 g/mol. The summed E-state index contributed by atoms with van der Waals surface area (Å²) < 4.78 is 6.11. The van der Waals surface area contributed by atoms with E-state index in [1.54, 1.807) is 6.08 Å². The molecule has 2 nitrogen and oxygen atoms in total. The lowest BCUT2D eigenvalue weighted by molar-refractivity contribution is 0.467. The minimum atomic E-state index is -0.507. The lowest BCUT2D eigenvalue weighted by Gasteiger charge is -2.13. The highest BCUT2D eigenvalue weighted by atomic mass is 35.5. The lowest BCUT2D eigenvalue weighted by atomic mass is 9.90. The Morgan fingerprint density at radius 1 is 1.12 bits per heavy atom. The van der Waals surface area contributed by atoms with Gasteiger partial charge in [-0.1, -0.05) is 67.4 Å². The number of para-hydroxylation sites is 1. The van der Waals surface area contributed by atoms with E-state index in [4.69, 9.17) is 27.9 Å². The van der Waals surface area contributed by atoms with Gasteiger partial charge in [0.05, 0.1) is 11.5 Å². The molecule has 0 heterocycles. The number of benzene rings is 2. The second-order valence-electron chi connectivity index (χ2n) is 6.98. The first-order chi connectivity index (χ1) is 11.9. The van der Waals surface area contributed by atoms with Crippen LogP contribution in [0, 0.1) is 28.1 Å². The van der Waals surface area contributed by atoms with Crippen molar-refractivity contribution in [2.45, 2.75) is 20.3 Å². The average Bonchev–Trinajstić information content (AvgIpc) is 3.02. The van der Waals surface area contributed by atoms with Crippen molar-refractivity contribution in [2.75, 3.05) is 0 Å². The molecule has 2 aromatic rings. The van der Waals surface area contributed by atoms with Crippen LogP contribution in [-0.4, -0.2) is 0 Å². The van der Waals surface area contributed by atoms with Gasteiger partial charge in [-0.15, -0.1) is 0 Å².